The Balaban J connectivity index is 1.62. The normalized spacial score (nSPS) is 10.8. The van der Waals surface area contributed by atoms with Crippen LogP contribution >= 0.6 is 23.2 Å². The number of carbonyl (C=O) groups excluding carboxylic acids is 1. The Morgan fingerprint density at radius 2 is 1.79 bits per heavy atom. The second-order valence-electron chi connectivity index (χ2n) is 5.77. The van der Waals surface area contributed by atoms with Gasteiger partial charge in [-0.3, -0.25) is 4.79 Å². The summed E-state index contributed by atoms with van der Waals surface area (Å²) in [6, 6.07) is 20.1. The number of benzene rings is 3. The number of hydrogen-bond donors (Lipinski definition) is 2. The molecule has 1 amide bonds. The predicted octanol–water partition coefficient (Wildman–Crippen LogP) is 4.90. The van der Waals surface area contributed by atoms with E-state index in [1.54, 1.807) is 6.07 Å². The molecule has 0 radical (unpaired) electrons. The molecule has 5 nitrogen and oxygen atoms in total. The van der Waals surface area contributed by atoms with Crippen LogP contribution in [0.2, 0.25) is 10.0 Å². The van der Waals surface area contributed by atoms with Crippen LogP contribution in [0.3, 0.4) is 0 Å². The van der Waals surface area contributed by atoms with E-state index in [4.69, 9.17) is 27.9 Å². The van der Waals surface area contributed by atoms with Crippen molar-refractivity contribution >= 4 is 35.3 Å². The summed E-state index contributed by atoms with van der Waals surface area (Å²) in [5.74, 6) is -0.0315. The van der Waals surface area contributed by atoms with E-state index in [9.17, 15) is 9.90 Å². The third-order valence-corrected chi connectivity index (χ3v) is 4.29. The topological polar surface area (TPSA) is 70.9 Å². The average molecular weight is 415 g/mol. The van der Waals surface area contributed by atoms with Crippen molar-refractivity contribution in [3.8, 4) is 22.6 Å². The molecule has 0 aliphatic carbocycles. The number of phenolic OH excluding ortho intramolecular Hbond substituents is 1. The van der Waals surface area contributed by atoms with Gasteiger partial charge in [0.2, 0.25) is 0 Å². The summed E-state index contributed by atoms with van der Waals surface area (Å²) in [5.41, 5.74) is 4.50. The lowest BCUT2D eigenvalue weighted by Gasteiger charge is -2.11. The number of nitrogens with one attached hydrogen (secondary N) is 1. The quantitative estimate of drug-likeness (QED) is 0.445. The monoisotopic (exact) mass is 414 g/mol. The highest BCUT2D eigenvalue weighted by atomic mass is 35.5. The van der Waals surface area contributed by atoms with Crippen LogP contribution in [0.25, 0.3) is 11.1 Å². The van der Waals surface area contributed by atoms with Gasteiger partial charge < -0.3 is 9.84 Å². The van der Waals surface area contributed by atoms with Crippen molar-refractivity contribution < 1.29 is 14.6 Å². The Hall–Kier alpha value is -3.02. The van der Waals surface area contributed by atoms with Gasteiger partial charge >= 0.3 is 0 Å². The summed E-state index contributed by atoms with van der Waals surface area (Å²) in [4.78, 5) is 12.0. The van der Waals surface area contributed by atoms with Gasteiger partial charge in [0.15, 0.2) is 6.61 Å². The standard InChI is InChI=1S/C21H16Cl2N2O3/c22-16-10-15(21(27)18(23)11-16)12-24-25-20(26)13-28-19-9-5-4-8-17(19)14-6-2-1-3-7-14/h1-12,27H,13H2,(H,25,26)/b24-12+. The van der Waals surface area contributed by atoms with E-state index >= 15 is 0 Å². The first-order chi connectivity index (χ1) is 13.5. The highest BCUT2D eigenvalue weighted by molar-refractivity contribution is 6.36. The second kappa shape index (κ2) is 9.26. The first kappa shape index (κ1) is 19.7. The molecular formula is C21H16Cl2N2O3. The third kappa shape index (κ3) is 5.03. The lowest BCUT2D eigenvalue weighted by atomic mass is 10.1. The van der Waals surface area contributed by atoms with Gasteiger partial charge in [0.1, 0.15) is 11.5 Å². The third-order valence-electron chi connectivity index (χ3n) is 3.78. The van der Waals surface area contributed by atoms with Crippen LogP contribution in [0.1, 0.15) is 5.56 Å². The maximum absolute atomic E-state index is 12.0. The Morgan fingerprint density at radius 1 is 1.07 bits per heavy atom. The van der Waals surface area contributed by atoms with Crippen molar-refractivity contribution in [2.24, 2.45) is 5.10 Å². The van der Waals surface area contributed by atoms with Gasteiger partial charge in [-0.25, -0.2) is 5.43 Å². The molecule has 0 saturated carbocycles. The van der Waals surface area contributed by atoms with E-state index < -0.39 is 5.91 Å². The predicted molar refractivity (Wildman–Crippen MR) is 111 cm³/mol. The Kier molecular flexibility index (Phi) is 6.53. The summed E-state index contributed by atoms with van der Waals surface area (Å²) >= 11 is 11.7. The van der Waals surface area contributed by atoms with Gasteiger partial charge in [0.05, 0.1) is 11.2 Å². The zero-order valence-corrected chi connectivity index (χ0v) is 16.1. The van der Waals surface area contributed by atoms with Gasteiger partial charge in [0, 0.05) is 16.1 Å². The molecule has 2 N–H and O–H groups in total. The Bertz CT molecular complexity index is 1010. The molecule has 28 heavy (non-hydrogen) atoms. The molecule has 0 spiro atoms. The van der Waals surface area contributed by atoms with Gasteiger partial charge in [-0.05, 0) is 23.8 Å². The summed E-state index contributed by atoms with van der Waals surface area (Å²) in [6.07, 6.45) is 1.25. The number of aromatic hydroxyl groups is 1. The number of hydrogen-bond acceptors (Lipinski definition) is 4. The fraction of sp³-hybridized carbons (Fsp3) is 0.0476. The van der Waals surface area contributed by atoms with Crippen molar-refractivity contribution in [3.05, 3.63) is 82.3 Å². The van der Waals surface area contributed by atoms with Crippen LogP contribution in [0.5, 0.6) is 11.5 Å². The van der Waals surface area contributed by atoms with Crippen LogP contribution in [-0.4, -0.2) is 23.8 Å². The second-order valence-corrected chi connectivity index (χ2v) is 6.61. The molecule has 0 fully saturated rings. The van der Waals surface area contributed by atoms with Crippen LogP contribution in [0.15, 0.2) is 71.8 Å². The fourth-order valence-corrected chi connectivity index (χ4v) is 2.99. The van der Waals surface area contributed by atoms with E-state index in [0.717, 1.165) is 11.1 Å². The van der Waals surface area contributed by atoms with Gasteiger partial charge in [-0.1, -0.05) is 71.7 Å². The zero-order chi connectivity index (χ0) is 19.9. The highest BCUT2D eigenvalue weighted by Crippen LogP contribution is 2.30. The molecular weight excluding hydrogens is 399 g/mol. The van der Waals surface area contributed by atoms with Gasteiger partial charge in [-0.15, -0.1) is 0 Å². The molecule has 0 heterocycles. The van der Waals surface area contributed by atoms with Crippen molar-refractivity contribution in [2.75, 3.05) is 6.61 Å². The van der Waals surface area contributed by atoms with Crippen LogP contribution in [0.4, 0.5) is 0 Å². The molecule has 0 aromatic heterocycles. The van der Waals surface area contributed by atoms with Crippen molar-refractivity contribution in [1.29, 1.82) is 0 Å². The van der Waals surface area contributed by atoms with Crippen LogP contribution in [-0.2, 0) is 4.79 Å². The smallest absolute Gasteiger partial charge is 0.277 e. The van der Waals surface area contributed by atoms with E-state index in [0.29, 0.717) is 10.8 Å². The maximum Gasteiger partial charge on any atom is 0.277 e. The number of amides is 1. The van der Waals surface area contributed by atoms with Gasteiger partial charge in [0.25, 0.3) is 5.91 Å². The first-order valence-corrected chi connectivity index (χ1v) is 9.07. The van der Waals surface area contributed by atoms with Crippen molar-refractivity contribution in [2.45, 2.75) is 0 Å². The van der Waals surface area contributed by atoms with Crippen molar-refractivity contribution in [3.63, 3.8) is 0 Å². The molecule has 142 valence electrons. The summed E-state index contributed by atoms with van der Waals surface area (Å²) < 4.78 is 5.64. The number of rotatable bonds is 6. The molecule has 0 unspecified atom stereocenters. The summed E-state index contributed by atoms with van der Waals surface area (Å²) in [5, 5.41) is 14.1. The molecule has 0 aliphatic heterocycles. The minimum absolute atomic E-state index is 0.0983. The Labute approximate surface area is 172 Å². The number of ether oxygens (including phenoxy) is 1. The average Bonchev–Trinajstić information content (AvgIpc) is 2.71. The largest absolute Gasteiger partial charge is 0.506 e. The number of carbonyl (C=O) groups is 1. The molecule has 7 heteroatoms. The van der Waals surface area contributed by atoms with Gasteiger partial charge in [-0.2, -0.15) is 5.10 Å². The maximum atomic E-state index is 12.0. The lowest BCUT2D eigenvalue weighted by Crippen LogP contribution is -2.24. The lowest BCUT2D eigenvalue weighted by molar-refractivity contribution is -0.123. The minimum atomic E-state index is -0.452. The fourth-order valence-electron chi connectivity index (χ4n) is 2.48. The number of para-hydroxylation sites is 1. The Morgan fingerprint density at radius 3 is 2.57 bits per heavy atom. The first-order valence-electron chi connectivity index (χ1n) is 8.32. The molecule has 3 rings (SSSR count). The molecule has 0 atom stereocenters. The molecule has 0 saturated heterocycles. The summed E-state index contributed by atoms with van der Waals surface area (Å²) in [6.45, 7) is -0.219. The van der Waals surface area contributed by atoms with Crippen molar-refractivity contribution in [1.82, 2.24) is 5.43 Å². The number of phenols is 1. The number of halogens is 2. The van der Waals surface area contributed by atoms with E-state index in [2.05, 4.69) is 10.5 Å². The summed E-state index contributed by atoms with van der Waals surface area (Å²) in [7, 11) is 0. The molecule has 3 aromatic carbocycles. The minimum Gasteiger partial charge on any atom is -0.506 e. The van der Waals surface area contributed by atoms with E-state index in [-0.39, 0.29) is 22.9 Å². The zero-order valence-electron chi connectivity index (χ0n) is 14.6. The highest BCUT2D eigenvalue weighted by Gasteiger charge is 2.09. The number of hydrazone groups is 1. The van der Waals surface area contributed by atoms with E-state index in [1.807, 2.05) is 48.5 Å². The SMILES string of the molecule is O=C(COc1ccccc1-c1ccccc1)N/N=C/c1cc(Cl)cc(Cl)c1O. The molecule has 0 aliphatic rings. The van der Waals surface area contributed by atoms with E-state index in [1.165, 1.54) is 18.3 Å². The number of nitrogens with zero attached hydrogens (tertiary/aromatic N) is 1. The van der Waals surface area contributed by atoms with Crippen LogP contribution < -0.4 is 10.2 Å². The molecule has 0 bridgehead atoms. The van der Waals surface area contributed by atoms with Crippen LogP contribution in [0, 0.1) is 0 Å². The molecule has 3 aromatic rings.